The maximum atomic E-state index is 14.5. The van der Waals surface area contributed by atoms with Gasteiger partial charge in [0, 0.05) is 23.6 Å². The van der Waals surface area contributed by atoms with Gasteiger partial charge >= 0.3 is 0 Å². The van der Waals surface area contributed by atoms with Crippen LogP contribution in [0.2, 0.25) is 5.02 Å². The third-order valence-corrected chi connectivity index (χ3v) is 6.07. The summed E-state index contributed by atoms with van der Waals surface area (Å²) in [6.45, 7) is 2.42. The van der Waals surface area contributed by atoms with E-state index in [1.807, 2.05) is 37.3 Å². The topological polar surface area (TPSA) is 40.5 Å². The monoisotopic (exact) mass is 423 g/mol. The number of hydrogen-bond acceptors (Lipinski definition) is 2. The van der Waals surface area contributed by atoms with Crippen LogP contribution in [-0.2, 0) is 17.6 Å². The number of phenolic OH excluding ortho intramolecular Hbond substituents is 1. The summed E-state index contributed by atoms with van der Waals surface area (Å²) < 4.78 is 14.5. The fourth-order valence-corrected chi connectivity index (χ4v) is 4.43. The molecule has 1 heterocycles. The third kappa shape index (κ3) is 3.92. The maximum Gasteiger partial charge on any atom is 0.223 e. The molecule has 154 valence electrons. The number of nitrogens with zero attached hydrogens (tertiary/aromatic N) is 1. The number of phenols is 1. The average Bonchev–Trinajstić information content (AvgIpc) is 2.74. The second kappa shape index (κ2) is 8.49. The van der Waals surface area contributed by atoms with Crippen molar-refractivity contribution in [3.8, 4) is 5.75 Å². The molecule has 30 heavy (non-hydrogen) atoms. The van der Waals surface area contributed by atoms with Crippen molar-refractivity contribution in [2.24, 2.45) is 0 Å². The highest BCUT2D eigenvalue weighted by Gasteiger charge is 2.34. The molecule has 0 bridgehead atoms. The molecule has 0 radical (unpaired) electrons. The Hall–Kier alpha value is -2.85. The van der Waals surface area contributed by atoms with Gasteiger partial charge < -0.3 is 10.0 Å². The van der Waals surface area contributed by atoms with Crippen LogP contribution >= 0.6 is 11.6 Å². The predicted octanol–water partition coefficient (Wildman–Crippen LogP) is 5.60. The Balaban J connectivity index is 1.70. The van der Waals surface area contributed by atoms with E-state index in [0.717, 1.165) is 11.1 Å². The highest BCUT2D eigenvalue weighted by molar-refractivity contribution is 6.30. The van der Waals surface area contributed by atoms with Crippen LogP contribution < -0.4 is 0 Å². The van der Waals surface area contributed by atoms with Crippen LogP contribution in [0.3, 0.4) is 0 Å². The third-order valence-electron chi connectivity index (χ3n) is 5.84. The standard InChI is InChI=1S/C25H23ClFNO2/c1-16-5-2-3-6-17(16)9-12-24(30)28-14-13-19-20(7-4-8-22(19)27)25(28)21-15-18(26)10-11-23(21)29/h2-8,10-11,15,25,29H,9,12-14H2,1H3. The predicted molar refractivity (Wildman–Crippen MR) is 116 cm³/mol. The molecular weight excluding hydrogens is 401 g/mol. The first kappa shape index (κ1) is 20.4. The molecule has 5 heteroatoms. The van der Waals surface area contributed by atoms with Crippen molar-refractivity contribution in [2.75, 3.05) is 6.54 Å². The van der Waals surface area contributed by atoms with Gasteiger partial charge in [0.05, 0.1) is 6.04 Å². The normalized spacial score (nSPS) is 15.7. The Morgan fingerprint density at radius 3 is 2.73 bits per heavy atom. The van der Waals surface area contributed by atoms with Gasteiger partial charge in [-0.25, -0.2) is 4.39 Å². The number of carbonyl (C=O) groups excluding carboxylic acids is 1. The molecule has 3 aromatic rings. The van der Waals surface area contributed by atoms with E-state index in [-0.39, 0.29) is 17.5 Å². The lowest BCUT2D eigenvalue weighted by atomic mass is 9.87. The molecule has 1 aliphatic heterocycles. The second-order valence-corrected chi connectivity index (χ2v) is 8.11. The maximum absolute atomic E-state index is 14.5. The number of aromatic hydroxyl groups is 1. The van der Waals surface area contributed by atoms with Gasteiger partial charge in [0.1, 0.15) is 11.6 Å². The van der Waals surface area contributed by atoms with Crippen molar-refractivity contribution in [2.45, 2.75) is 32.2 Å². The lowest BCUT2D eigenvalue weighted by molar-refractivity contribution is -0.133. The fourth-order valence-electron chi connectivity index (χ4n) is 4.25. The molecule has 1 amide bonds. The van der Waals surface area contributed by atoms with Crippen LogP contribution in [-0.4, -0.2) is 22.5 Å². The second-order valence-electron chi connectivity index (χ2n) is 7.68. The summed E-state index contributed by atoms with van der Waals surface area (Å²) >= 11 is 6.19. The molecule has 0 aromatic heterocycles. The van der Waals surface area contributed by atoms with Gasteiger partial charge in [0.25, 0.3) is 0 Å². The first-order chi connectivity index (χ1) is 14.5. The van der Waals surface area contributed by atoms with Crippen LogP contribution in [0.1, 0.15) is 40.3 Å². The summed E-state index contributed by atoms with van der Waals surface area (Å²) in [5.74, 6) is -0.276. The minimum Gasteiger partial charge on any atom is -0.508 e. The van der Waals surface area contributed by atoms with Gasteiger partial charge in [-0.2, -0.15) is 0 Å². The molecule has 1 atom stereocenters. The zero-order chi connectivity index (χ0) is 21.3. The van der Waals surface area contributed by atoms with Crippen molar-refractivity contribution in [3.05, 3.63) is 99.3 Å². The van der Waals surface area contributed by atoms with Crippen LogP contribution in [0.5, 0.6) is 5.75 Å². The number of hydrogen-bond donors (Lipinski definition) is 1. The molecule has 3 aromatic carbocycles. The fraction of sp³-hybridized carbons (Fsp3) is 0.240. The summed E-state index contributed by atoms with van der Waals surface area (Å²) in [6, 6.07) is 17.1. The Bertz CT molecular complexity index is 1100. The summed E-state index contributed by atoms with van der Waals surface area (Å²) in [5.41, 5.74) is 4.09. The van der Waals surface area contributed by atoms with E-state index in [9.17, 15) is 14.3 Å². The quantitative estimate of drug-likeness (QED) is 0.593. The Labute approximate surface area is 180 Å². The number of rotatable bonds is 4. The molecule has 0 saturated carbocycles. The number of halogens is 2. The Morgan fingerprint density at radius 1 is 1.13 bits per heavy atom. The summed E-state index contributed by atoms with van der Waals surface area (Å²) in [6.07, 6.45) is 1.41. The van der Waals surface area contributed by atoms with E-state index < -0.39 is 6.04 Å². The van der Waals surface area contributed by atoms with E-state index in [2.05, 4.69) is 0 Å². The highest BCUT2D eigenvalue weighted by atomic mass is 35.5. The first-order valence-electron chi connectivity index (χ1n) is 10.1. The molecule has 1 aliphatic rings. The number of fused-ring (bicyclic) bond motifs is 1. The number of aryl methyl sites for hydroxylation is 2. The van der Waals surface area contributed by atoms with E-state index in [1.165, 1.54) is 12.1 Å². The van der Waals surface area contributed by atoms with Gasteiger partial charge in [0.2, 0.25) is 5.91 Å². The lowest BCUT2D eigenvalue weighted by Gasteiger charge is -2.38. The Morgan fingerprint density at radius 2 is 1.93 bits per heavy atom. The minimum absolute atomic E-state index is 0.0301. The first-order valence-corrected chi connectivity index (χ1v) is 10.4. The molecule has 0 aliphatic carbocycles. The summed E-state index contributed by atoms with van der Waals surface area (Å²) in [7, 11) is 0. The van der Waals surface area contributed by atoms with E-state index in [0.29, 0.717) is 47.5 Å². The van der Waals surface area contributed by atoms with Gasteiger partial charge in [-0.15, -0.1) is 0 Å². The number of benzene rings is 3. The van der Waals surface area contributed by atoms with Crippen LogP contribution in [0.15, 0.2) is 60.7 Å². The average molecular weight is 424 g/mol. The van der Waals surface area contributed by atoms with Gasteiger partial charge in [-0.1, -0.05) is 48.0 Å². The van der Waals surface area contributed by atoms with Crippen LogP contribution in [0, 0.1) is 12.7 Å². The molecule has 0 fully saturated rings. The zero-order valence-corrected chi connectivity index (χ0v) is 17.5. The number of carbonyl (C=O) groups is 1. The number of amides is 1. The molecule has 4 rings (SSSR count). The molecule has 1 N–H and O–H groups in total. The molecule has 0 saturated heterocycles. The van der Waals surface area contributed by atoms with Gasteiger partial charge in [-0.05, 0) is 66.3 Å². The van der Waals surface area contributed by atoms with Crippen molar-refractivity contribution in [3.63, 3.8) is 0 Å². The van der Waals surface area contributed by atoms with Crippen molar-refractivity contribution in [1.82, 2.24) is 4.90 Å². The minimum atomic E-state index is -0.576. The van der Waals surface area contributed by atoms with Gasteiger partial charge in [-0.3, -0.25) is 4.79 Å². The van der Waals surface area contributed by atoms with Crippen LogP contribution in [0.25, 0.3) is 0 Å². The summed E-state index contributed by atoms with van der Waals surface area (Å²) in [5, 5.41) is 11.0. The summed E-state index contributed by atoms with van der Waals surface area (Å²) in [4.78, 5) is 15.0. The highest BCUT2D eigenvalue weighted by Crippen LogP contribution is 2.41. The molecular formula is C25H23ClFNO2. The molecule has 0 spiro atoms. The zero-order valence-electron chi connectivity index (χ0n) is 16.7. The lowest BCUT2D eigenvalue weighted by Crippen LogP contribution is -2.41. The van der Waals surface area contributed by atoms with Crippen molar-refractivity contribution in [1.29, 1.82) is 0 Å². The van der Waals surface area contributed by atoms with Crippen molar-refractivity contribution < 1.29 is 14.3 Å². The van der Waals surface area contributed by atoms with Crippen molar-refractivity contribution >= 4 is 17.5 Å². The molecule has 1 unspecified atom stereocenters. The van der Waals surface area contributed by atoms with E-state index in [4.69, 9.17) is 11.6 Å². The molecule has 3 nitrogen and oxygen atoms in total. The smallest absolute Gasteiger partial charge is 0.223 e. The Kier molecular flexibility index (Phi) is 5.78. The van der Waals surface area contributed by atoms with Crippen LogP contribution in [0.4, 0.5) is 4.39 Å². The largest absolute Gasteiger partial charge is 0.508 e. The SMILES string of the molecule is Cc1ccccc1CCC(=O)N1CCc2c(F)cccc2C1c1cc(Cl)ccc1O. The van der Waals surface area contributed by atoms with Gasteiger partial charge in [0.15, 0.2) is 0 Å². The van der Waals surface area contributed by atoms with E-state index in [1.54, 1.807) is 23.1 Å². The van der Waals surface area contributed by atoms with E-state index >= 15 is 0 Å².